The predicted octanol–water partition coefficient (Wildman–Crippen LogP) is 2.88. The molecule has 0 bridgehead atoms. The Morgan fingerprint density at radius 3 is 2.75 bits per heavy atom. The minimum Gasteiger partial charge on any atom is -0.378 e. The van der Waals surface area contributed by atoms with Crippen LogP contribution in [0.25, 0.3) is 0 Å². The van der Waals surface area contributed by atoms with Gasteiger partial charge in [-0.25, -0.2) is 0 Å². The topological polar surface area (TPSA) is 21.3 Å². The van der Waals surface area contributed by atoms with Gasteiger partial charge in [0.05, 0.1) is 12.5 Å². The van der Waals surface area contributed by atoms with E-state index in [-0.39, 0.29) is 0 Å². The number of rotatable bonds is 6. The molecule has 96 valence electrons. The maximum atomic E-state index is 12.0. The van der Waals surface area contributed by atoms with E-state index in [1.165, 1.54) is 0 Å². The van der Waals surface area contributed by atoms with Crippen molar-refractivity contribution in [2.75, 3.05) is 13.2 Å². The summed E-state index contributed by atoms with van der Waals surface area (Å²) in [5.74, 6) is 0. The zero-order chi connectivity index (χ0) is 12.0. The van der Waals surface area contributed by atoms with Crippen LogP contribution in [0.3, 0.4) is 0 Å². The van der Waals surface area contributed by atoms with Crippen LogP contribution in [0.1, 0.15) is 39.0 Å². The van der Waals surface area contributed by atoms with E-state index in [1.807, 2.05) is 0 Å². The second-order valence-electron chi connectivity index (χ2n) is 4.45. The van der Waals surface area contributed by atoms with Gasteiger partial charge in [-0.15, -0.1) is 0 Å². The molecule has 0 spiro atoms. The van der Waals surface area contributed by atoms with Gasteiger partial charge < -0.3 is 10.1 Å². The Morgan fingerprint density at radius 1 is 1.44 bits per heavy atom. The van der Waals surface area contributed by atoms with Gasteiger partial charge >= 0.3 is 6.18 Å². The first kappa shape index (κ1) is 13.8. The molecular formula is C11H20F3NO. The Kier molecular flexibility index (Phi) is 5.55. The fraction of sp³-hybridized carbons (Fsp3) is 1.00. The van der Waals surface area contributed by atoms with E-state index in [0.29, 0.717) is 12.6 Å². The van der Waals surface area contributed by atoms with Crippen LogP contribution in [0.4, 0.5) is 13.2 Å². The summed E-state index contributed by atoms with van der Waals surface area (Å²) in [6.07, 6.45) is -0.451. The lowest BCUT2D eigenvalue weighted by Crippen LogP contribution is -2.32. The quantitative estimate of drug-likeness (QED) is 0.720. The number of alkyl halides is 3. The van der Waals surface area contributed by atoms with E-state index in [0.717, 1.165) is 32.3 Å². The van der Waals surface area contributed by atoms with Gasteiger partial charge in [0.25, 0.3) is 0 Å². The lowest BCUT2D eigenvalue weighted by Gasteiger charge is -2.16. The van der Waals surface area contributed by atoms with Crippen LogP contribution >= 0.6 is 0 Å². The monoisotopic (exact) mass is 239 g/mol. The van der Waals surface area contributed by atoms with Gasteiger partial charge in [-0.1, -0.05) is 0 Å². The Hall–Kier alpha value is -0.290. The molecule has 0 saturated carbocycles. The van der Waals surface area contributed by atoms with Crippen LogP contribution in [0, 0.1) is 0 Å². The van der Waals surface area contributed by atoms with E-state index >= 15 is 0 Å². The zero-order valence-corrected chi connectivity index (χ0v) is 9.65. The highest BCUT2D eigenvalue weighted by atomic mass is 19.4. The molecule has 0 aromatic carbocycles. The van der Waals surface area contributed by atoms with Crippen LogP contribution in [0.2, 0.25) is 0 Å². The fourth-order valence-corrected chi connectivity index (χ4v) is 1.97. The predicted molar refractivity (Wildman–Crippen MR) is 56.3 cm³/mol. The number of halogens is 3. The first-order valence-corrected chi connectivity index (χ1v) is 5.89. The Bertz CT molecular complexity index is 190. The summed E-state index contributed by atoms with van der Waals surface area (Å²) < 4.78 is 41.4. The highest BCUT2D eigenvalue weighted by molar-refractivity contribution is 4.68. The lowest BCUT2D eigenvalue weighted by atomic mass is 10.1. The largest absolute Gasteiger partial charge is 0.390 e. The molecule has 0 radical (unpaired) electrons. The van der Waals surface area contributed by atoms with Crippen LogP contribution < -0.4 is 5.32 Å². The Morgan fingerprint density at radius 2 is 2.19 bits per heavy atom. The summed E-state index contributed by atoms with van der Waals surface area (Å²) in [5, 5.41) is 2.89. The van der Waals surface area contributed by atoms with E-state index in [1.54, 1.807) is 6.92 Å². The van der Waals surface area contributed by atoms with Gasteiger partial charge in [-0.05, 0) is 39.2 Å². The molecule has 0 aromatic rings. The first-order chi connectivity index (χ1) is 7.47. The van der Waals surface area contributed by atoms with Crippen molar-refractivity contribution in [2.45, 2.75) is 57.3 Å². The molecule has 2 atom stereocenters. The van der Waals surface area contributed by atoms with E-state index < -0.39 is 18.6 Å². The van der Waals surface area contributed by atoms with Gasteiger partial charge in [0.2, 0.25) is 0 Å². The molecule has 2 unspecified atom stereocenters. The van der Waals surface area contributed by atoms with Crippen LogP contribution in [-0.2, 0) is 4.74 Å². The molecule has 1 aliphatic heterocycles. The molecule has 2 nitrogen and oxygen atoms in total. The average molecular weight is 239 g/mol. The van der Waals surface area contributed by atoms with Gasteiger partial charge in [-0.3, -0.25) is 0 Å². The third-order valence-electron chi connectivity index (χ3n) is 2.76. The maximum Gasteiger partial charge on any atom is 0.390 e. The third-order valence-corrected chi connectivity index (χ3v) is 2.76. The normalized spacial score (nSPS) is 23.6. The summed E-state index contributed by atoms with van der Waals surface area (Å²) in [4.78, 5) is 0. The van der Waals surface area contributed by atoms with Crippen LogP contribution in [0.15, 0.2) is 0 Å². The van der Waals surface area contributed by atoms with Gasteiger partial charge in [-0.2, -0.15) is 13.2 Å². The molecule has 0 aliphatic carbocycles. The molecule has 1 saturated heterocycles. The van der Waals surface area contributed by atoms with Crippen molar-refractivity contribution in [3.63, 3.8) is 0 Å². The van der Waals surface area contributed by atoms with E-state index in [2.05, 4.69) is 5.32 Å². The standard InChI is InChI=1S/C11H20F3NO/c1-9(8-11(12,13)14)15-6-2-4-10-5-3-7-16-10/h9-10,15H,2-8H2,1H3. The summed E-state index contributed by atoms with van der Waals surface area (Å²) in [6.45, 7) is 3.04. The fourth-order valence-electron chi connectivity index (χ4n) is 1.97. The second-order valence-corrected chi connectivity index (χ2v) is 4.45. The summed E-state index contributed by atoms with van der Waals surface area (Å²) >= 11 is 0. The molecule has 1 fully saturated rings. The molecular weight excluding hydrogens is 219 g/mol. The second kappa shape index (κ2) is 6.45. The van der Waals surface area contributed by atoms with Gasteiger partial charge in [0.15, 0.2) is 0 Å². The summed E-state index contributed by atoms with van der Waals surface area (Å²) in [5.41, 5.74) is 0. The van der Waals surface area contributed by atoms with Gasteiger partial charge in [0.1, 0.15) is 0 Å². The molecule has 1 heterocycles. The summed E-state index contributed by atoms with van der Waals surface area (Å²) in [6, 6.07) is -0.496. The van der Waals surface area contributed by atoms with Crippen LogP contribution in [-0.4, -0.2) is 31.5 Å². The van der Waals surface area contributed by atoms with Gasteiger partial charge in [0, 0.05) is 12.6 Å². The Balaban J connectivity index is 1.97. The highest BCUT2D eigenvalue weighted by Crippen LogP contribution is 2.21. The molecule has 1 aliphatic rings. The molecule has 16 heavy (non-hydrogen) atoms. The molecule has 5 heteroatoms. The zero-order valence-electron chi connectivity index (χ0n) is 9.65. The first-order valence-electron chi connectivity index (χ1n) is 5.89. The summed E-state index contributed by atoms with van der Waals surface area (Å²) in [7, 11) is 0. The average Bonchev–Trinajstić information content (AvgIpc) is 2.62. The molecule has 0 amide bonds. The number of hydrogen-bond donors (Lipinski definition) is 1. The van der Waals surface area contributed by atoms with Crippen molar-refractivity contribution in [1.29, 1.82) is 0 Å². The minimum atomic E-state index is -4.07. The molecule has 1 rings (SSSR count). The molecule has 0 aromatic heterocycles. The third kappa shape index (κ3) is 6.33. The number of ether oxygens (including phenoxy) is 1. The van der Waals surface area contributed by atoms with E-state index in [4.69, 9.17) is 4.74 Å². The van der Waals surface area contributed by atoms with E-state index in [9.17, 15) is 13.2 Å². The smallest absolute Gasteiger partial charge is 0.378 e. The maximum absolute atomic E-state index is 12.0. The van der Waals surface area contributed by atoms with Crippen molar-refractivity contribution in [3.05, 3.63) is 0 Å². The molecule has 1 N–H and O–H groups in total. The van der Waals surface area contributed by atoms with Crippen molar-refractivity contribution in [2.24, 2.45) is 0 Å². The highest BCUT2D eigenvalue weighted by Gasteiger charge is 2.29. The van der Waals surface area contributed by atoms with Crippen molar-refractivity contribution in [1.82, 2.24) is 5.32 Å². The van der Waals surface area contributed by atoms with Crippen molar-refractivity contribution < 1.29 is 17.9 Å². The lowest BCUT2D eigenvalue weighted by molar-refractivity contribution is -0.139. The van der Waals surface area contributed by atoms with Crippen LogP contribution in [0.5, 0.6) is 0 Å². The Labute approximate surface area is 94.5 Å². The van der Waals surface area contributed by atoms with Crippen molar-refractivity contribution >= 4 is 0 Å². The minimum absolute atomic E-state index is 0.333. The number of nitrogens with one attached hydrogen (secondary N) is 1. The number of hydrogen-bond acceptors (Lipinski definition) is 2. The van der Waals surface area contributed by atoms with Crippen molar-refractivity contribution in [3.8, 4) is 0 Å². The SMILES string of the molecule is CC(CC(F)(F)F)NCCCC1CCCO1.